The van der Waals surface area contributed by atoms with E-state index in [1.54, 1.807) is 0 Å². The van der Waals surface area contributed by atoms with Crippen molar-refractivity contribution >= 4 is 5.97 Å². The molecule has 0 aliphatic carbocycles. The molecule has 0 bridgehead atoms. The predicted molar refractivity (Wildman–Crippen MR) is 91.9 cm³/mol. The number of nitrogens with zero attached hydrogens (tertiary/aromatic N) is 3. The Kier molecular flexibility index (Phi) is 7.76. The Balaban J connectivity index is 1.85. The number of hydrazine groups is 1. The number of ether oxygens (including phenoxy) is 1. The molecule has 23 heavy (non-hydrogen) atoms. The van der Waals surface area contributed by atoms with Crippen LogP contribution in [0, 0.1) is 0 Å². The van der Waals surface area contributed by atoms with Gasteiger partial charge in [-0.25, -0.2) is 5.01 Å². The lowest BCUT2D eigenvalue weighted by molar-refractivity contribution is -0.154. The Bertz CT molecular complexity index is 359. The number of piperidine rings is 1. The molecule has 0 aromatic rings. The third kappa shape index (κ3) is 5.71. The summed E-state index contributed by atoms with van der Waals surface area (Å²) in [4.78, 5) is 17.2. The molecule has 6 heteroatoms. The van der Waals surface area contributed by atoms with E-state index in [1.165, 1.54) is 12.8 Å². The van der Waals surface area contributed by atoms with E-state index in [1.807, 2.05) is 5.01 Å². The first-order valence-electron chi connectivity index (χ1n) is 9.22. The lowest BCUT2D eigenvalue weighted by atomic mass is 10.00. The topological polar surface area (TPSA) is 62.0 Å². The standard InChI is InChI=1S/C17H34N4O2/c1-3-4-5-6-13-23-17(22)16-14-19(2)11-12-21(16)15-7-9-20(18)10-8-15/h15-16H,3-14,18H2,1-2H3. The Morgan fingerprint density at radius 2 is 1.87 bits per heavy atom. The van der Waals surface area contributed by atoms with Gasteiger partial charge >= 0.3 is 5.97 Å². The molecule has 1 unspecified atom stereocenters. The molecule has 2 heterocycles. The number of rotatable bonds is 7. The molecule has 2 fully saturated rings. The van der Waals surface area contributed by atoms with Crippen LogP contribution >= 0.6 is 0 Å². The van der Waals surface area contributed by atoms with Crippen LogP contribution in [-0.4, -0.2) is 79.2 Å². The second-order valence-electron chi connectivity index (χ2n) is 7.01. The highest BCUT2D eigenvalue weighted by Crippen LogP contribution is 2.21. The summed E-state index contributed by atoms with van der Waals surface area (Å²) in [5.41, 5.74) is 0. The molecule has 2 N–H and O–H groups in total. The van der Waals surface area contributed by atoms with Gasteiger partial charge in [0.1, 0.15) is 6.04 Å². The Labute approximate surface area is 140 Å². The van der Waals surface area contributed by atoms with Crippen LogP contribution in [0.4, 0.5) is 0 Å². The monoisotopic (exact) mass is 326 g/mol. The maximum atomic E-state index is 12.6. The fourth-order valence-electron chi connectivity index (χ4n) is 3.60. The summed E-state index contributed by atoms with van der Waals surface area (Å²) >= 11 is 0. The van der Waals surface area contributed by atoms with Crippen LogP contribution in [0.2, 0.25) is 0 Å². The van der Waals surface area contributed by atoms with Gasteiger partial charge in [-0.15, -0.1) is 0 Å². The molecule has 0 radical (unpaired) electrons. The average Bonchev–Trinajstić information content (AvgIpc) is 2.55. The first-order chi connectivity index (χ1) is 11.1. The van der Waals surface area contributed by atoms with Crippen molar-refractivity contribution in [3.05, 3.63) is 0 Å². The molecule has 1 atom stereocenters. The molecule has 0 spiro atoms. The molecule has 0 aromatic heterocycles. The molecule has 2 rings (SSSR count). The van der Waals surface area contributed by atoms with Crippen molar-refractivity contribution in [2.45, 2.75) is 57.5 Å². The molecule has 0 aromatic carbocycles. The fraction of sp³-hybridized carbons (Fsp3) is 0.941. The largest absolute Gasteiger partial charge is 0.464 e. The fourth-order valence-corrected chi connectivity index (χ4v) is 3.60. The van der Waals surface area contributed by atoms with Gasteiger partial charge in [0.2, 0.25) is 0 Å². The minimum Gasteiger partial charge on any atom is -0.464 e. The summed E-state index contributed by atoms with van der Waals surface area (Å²) < 4.78 is 5.58. The first kappa shape index (κ1) is 18.6. The van der Waals surface area contributed by atoms with Crippen molar-refractivity contribution in [1.29, 1.82) is 0 Å². The normalized spacial score (nSPS) is 25.6. The molecular formula is C17H34N4O2. The van der Waals surface area contributed by atoms with Crippen LogP contribution in [0.25, 0.3) is 0 Å². The van der Waals surface area contributed by atoms with Crippen molar-refractivity contribution in [2.75, 3.05) is 46.4 Å². The number of piperazine rings is 1. The SMILES string of the molecule is CCCCCCOC(=O)C1CN(C)CCN1C1CCN(N)CC1. The molecule has 0 amide bonds. The summed E-state index contributed by atoms with van der Waals surface area (Å²) in [6, 6.07) is 0.343. The molecule has 6 nitrogen and oxygen atoms in total. The van der Waals surface area contributed by atoms with E-state index >= 15 is 0 Å². The lowest BCUT2D eigenvalue weighted by Gasteiger charge is -2.45. The second-order valence-corrected chi connectivity index (χ2v) is 7.01. The highest BCUT2D eigenvalue weighted by Gasteiger charge is 2.37. The van der Waals surface area contributed by atoms with E-state index in [-0.39, 0.29) is 12.0 Å². The number of carbonyl (C=O) groups excluding carboxylic acids is 1. The Morgan fingerprint density at radius 3 is 2.57 bits per heavy atom. The summed E-state index contributed by atoms with van der Waals surface area (Å²) in [5.74, 6) is 5.82. The third-order valence-corrected chi connectivity index (χ3v) is 5.11. The molecule has 134 valence electrons. The number of likely N-dealkylation sites (N-methyl/N-ethyl adjacent to an activating group) is 1. The minimum absolute atomic E-state index is 0.0387. The predicted octanol–water partition coefficient (Wildman–Crippen LogP) is 1.06. The van der Waals surface area contributed by atoms with Gasteiger partial charge in [0.25, 0.3) is 0 Å². The van der Waals surface area contributed by atoms with Crippen LogP contribution in [0.1, 0.15) is 45.4 Å². The van der Waals surface area contributed by atoms with Gasteiger partial charge in [-0.2, -0.15) is 0 Å². The van der Waals surface area contributed by atoms with Crippen molar-refractivity contribution in [3.8, 4) is 0 Å². The number of hydrogen-bond donors (Lipinski definition) is 1. The van der Waals surface area contributed by atoms with Gasteiger partial charge in [-0.3, -0.25) is 15.5 Å². The van der Waals surface area contributed by atoms with Gasteiger partial charge in [0.05, 0.1) is 6.61 Å². The van der Waals surface area contributed by atoms with Gasteiger partial charge in [0.15, 0.2) is 0 Å². The van der Waals surface area contributed by atoms with Gasteiger partial charge in [-0.05, 0) is 26.3 Å². The summed E-state index contributed by atoms with van der Waals surface area (Å²) in [6.45, 7) is 7.31. The smallest absolute Gasteiger partial charge is 0.324 e. The highest BCUT2D eigenvalue weighted by atomic mass is 16.5. The van der Waals surface area contributed by atoms with Crippen LogP contribution in [0.5, 0.6) is 0 Å². The maximum absolute atomic E-state index is 12.6. The van der Waals surface area contributed by atoms with Gasteiger partial charge in [-0.1, -0.05) is 26.2 Å². The van der Waals surface area contributed by atoms with E-state index < -0.39 is 0 Å². The number of esters is 1. The summed E-state index contributed by atoms with van der Waals surface area (Å²) in [7, 11) is 2.08. The van der Waals surface area contributed by atoms with E-state index in [9.17, 15) is 4.79 Å². The van der Waals surface area contributed by atoms with Gasteiger partial charge in [0, 0.05) is 38.8 Å². The zero-order chi connectivity index (χ0) is 16.7. The van der Waals surface area contributed by atoms with Gasteiger partial charge < -0.3 is 9.64 Å². The molecule has 2 aliphatic rings. The first-order valence-corrected chi connectivity index (χ1v) is 9.22. The molecule has 2 aliphatic heterocycles. The number of unbranched alkanes of at least 4 members (excludes halogenated alkanes) is 3. The quantitative estimate of drug-likeness (QED) is 0.429. The van der Waals surface area contributed by atoms with Crippen molar-refractivity contribution < 1.29 is 9.53 Å². The van der Waals surface area contributed by atoms with E-state index in [4.69, 9.17) is 10.6 Å². The van der Waals surface area contributed by atoms with Crippen LogP contribution in [0.15, 0.2) is 0 Å². The number of hydrogen-bond acceptors (Lipinski definition) is 6. The lowest BCUT2D eigenvalue weighted by Crippen LogP contribution is -2.60. The average molecular weight is 326 g/mol. The van der Waals surface area contributed by atoms with Crippen molar-refractivity contribution in [3.63, 3.8) is 0 Å². The van der Waals surface area contributed by atoms with E-state index in [0.29, 0.717) is 12.6 Å². The van der Waals surface area contributed by atoms with E-state index in [2.05, 4.69) is 23.8 Å². The highest BCUT2D eigenvalue weighted by molar-refractivity contribution is 5.76. The van der Waals surface area contributed by atoms with E-state index in [0.717, 1.165) is 58.4 Å². The van der Waals surface area contributed by atoms with Crippen molar-refractivity contribution in [1.82, 2.24) is 14.8 Å². The summed E-state index contributed by atoms with van der Waals surface area (Å²) in [5, 5.41) is 1.88. The zero-order valence-corrected chi connectivity index (χ0v) is 14.9. The van der Waals surface area contributed by atoms with Crippen LogP contribution < -0.4 is 5.84 Å². The molecule has 2 saturated heterocycles. The maximum Gasteiger partial charge on any atom is 0.324 e. The third-order valence-electron chi connectivity index (χ3n) is 5.11. The number of carbonyl (C=O) groups is 1. The van der Waals surface area contributed by atoms with Crippen LogP contribution in [-0.2, 0) is 9.53 Å². The molecule has 0 saturated carbocycles. The Morgan fingerprint density at radius 1 is 1.13 bits per heavy atom. The summed E-state index contributed by atoms with van der Waals surface area (Å²) in [6.07, 6.45) is 6.63. The molecular weight excluding hydrogens is 292 g/mol. The Hall–Kier alpha value is -0.690. The second kappa shape index (κ2) is 9.57. The zero-order valence-electron chi connectivity index (χ0n) is 14.9. The number of nitrogens with two attached hydrogens (primary N) is 1. The van der Waals surface area contributed by atoms with Crippen LogP contribution in [0.3, 0.4) is 0 Å². The van der Waals surface area contributed by atoms with Crippen molar-refractivity contribution in [2.24, 2.45) is 5.84 Å². The minimum atomic E-state index is -0.116.